The van der Waals surface area contributed by atoms with Gasteiger partial charge in [-0.05, 0) is 17.7 Å². The minimum Gasteiger partial charge on any atom is -0.497 e. The summed E-state index contributed by atoms with van der Waals surface area (Å²) in [6, 6.07) is 9.05. The van der Waals surface area contributed by atoms with Crippen molar-refractivity contribution in [3.05, 3.63) is 29.8 Å². The van der Waals surface area contributed by atoms with Crippen LogP contribution in [0.5, 0.6) is 5.75 Å². The number of rotatable bonds is 4. The van der Waals surface area contributed by atoms with Gasteiger partial charge in [0.05, 0.1) is 32.6 Å². The fourth-order valence-corrected chi connectivity index (χ4v) is 1.43. The van der Waals surface area contributed by atoms with Gasteiger partial charge in [-0.3, -0.25) is 4.79 Å². The molecular weight excluding hydrogens is 206 g/mol. The van der Waals surface area contributed by atoms with Gasteiger partial charge in [0, 0.05) is 0 Å². The van der Waals surface area contributed by atoms with E-state index in [1.807, 2.05) is 6.07 Å². The van der Waals surface area contributed by atoms with E-state index in [9.17, 15) is 4.79 Å². The van der Waals surface area contributed by atoms with Crippen LogP contribution in [0.25, 0.3) is 0 Å². The van der Waals surface area contributed by atoms with Crippen LogP contribution < -0.4 is 4.74 Å². The van der Waals surface area contributed by atoms with Crippen LogP contribution in [0.4, 0.5) is 0 Å². The van der Waals surface area contributed by atoms with E-state index in [2.05, 4.69) is 4.74 Å². The molecule has 0 spiro atoms. The molecule has 0 fully saturated rings. The third-order valence-electron chi connectivity index (χ3n) is 2.28. The maximum Gasteiger partial charge on any atom is 0.314 e. The fourth-order valence-electron chi connectivity index (χ4n) is 1.43. The monoisotopic (exact) mass is 219 g/mol. The maximum atomic E-state index is 11.5. The molecule has 84 valence electrons. The van der Waals surface area contributed by atoms with Crippen LogP contribution in [0.1, 0.15) is 17.9 Å². The van der Waals surface area contributed by atoms with Gasteiger partial charge in [0.15, 0.2) is 0 Å². The Bertz CT molecular complexity index is 409. The van der Waals surface area contributed by atoms with Crippen molar-refractivity contribution in [3.8, 4) is 11.8 Å². The second-order valence-corrected chi connectivity index (χ2v) is 3.21. The summed E-state index contributed by atoms with van der Waals surface area (Å²) >= 11 is 0. The first-order valence-corrected chi connectivity index (χ1v) is 4.81. The van der Waals surface area contributed by atoms with Gasteiger partial charge in [0.25, 0.3) is 0 Å². The first-order chi connectivity index (χ1) is 7.72. The van der Waals surface area contributed by atoms with Crippen LogP contribution in [-0.2, 0) is 9.53 Å². The standard InChI is InChI=1S/C12H13NO3/c1-15-10-5-3-4-9(8-10)11(6-7-13)12(14)16-2/h3-5,8,11H,6H2,1-2H3. The van der Waals surface area contributed by atoms with Crippen LogP contribution in [-0.4, -0.2) is 20.2 Å². The first-order valence-electron chi connectivity index (χ1n) is 4.81. The highest BCUT2D eigenvalue weighted by atomic mass is 16.5. The van der Waals surface area contributed by atoms with Crippen molar-refractivity contribution in [2.45, 2.75) is 12.3 Å². The Hall–Kier alpha value is -2.02. The molecule has 4 heteroatoms. The van der Waals surface area contributed by atoms with E-state index < -0.39 is 11.9 Å². The number of carbonyl (C=O) groups excluding carboxylic acids is 1. The van der Waals surface area contributed by atoms with E-state index in [0.717, 1.165) is 5.56 Å². The van der Waals surface area contributed by atoms with Crippen molar-refractivity contribution in [1.82, 2.24) is 0 Å². The van der Waals surface area contributed by atoms with Crippen LogP contribution in [0, 0.1) is 11.3 Å². The number of ether oxygens (including phenoxy) is 2. The van der Waals surface area contributed by atoms with Gasteiger partial charge in [0.1, 0.15) is 5.75 Å². The Balaban J connectivity index is 3.01. The molecule has 1 unspecified atom stereocenters. The molecule has 1 atom stereocenters. The highest BCUT2D eigenvalue weighted by Gasteiger charge is 2.21. The Morgan fingerprint density at radius 2 is 2.25 bits per heavy atom. The normalized spacial score (nSPS) is 11.3. The topological polar surface area (TPSA) is 59.3 Å². The second kappa shape index (κ2) is 5.76. The molecule has 16 heavy (non-hydrogen) atoms. The highest BCUT2D eigenvalue weighted by molar-refractivity contribution is 5.78. The smallest absolute Gasteiger partial charge is 0.314 e. The van der Waals surface area contributed by atoms with E-state index >= 15 is 0 Å². The zero-order valence-electron chi connectivity index (χ0n) is 9.27. The summed E-state index contributed by atoms with van der Waals surface area (Å²) in [6.07, 6.45) is 0.0971. The number of benzene rings is 1. The van der Waals surface area contributed by atoms with Gasteiger partial charge in [-0.25, -0.2) is 0 Å². The van der Waals surface area contributed by atoms with E-state index in [-0.39, 0.29) is 6.42 Å². The van der Waals surface area contributed by atoms with Crippen molar-refractivity contribution in [2.24, 2.45) is 0 Å². The Kier molecular flexibility index (Phi) is 4.34. The molecule has 0 saturated carbocycles. The first kappa shape index (κ1) is 12.1. The zero-order chi connectivity index (χ0) is 12.0. The molecule has 0 amide bonds. The van der Waals surface area contributed by atoms with Crippen molar-refractivity contribution in [3.63, 3.8) is 0 Å². The lowest BCUT2D eigenvalue weighted by molar-refractivity contribution is -0.142. The molecule has 0 radical (unpaired) electrons. The predicted molar refractivity (Wildman–Crippen MR) is 58.0 cm³/mol. The lowest BCUT2D eigenvalue weighted by Crippen LogP contribution is -2.13. The van der Waals surface area contributed by atoms with Crippen LogP contribution in [0.2, 0.25) is 0 Å². The quantitative estimate of drug-likeness (QED) is 0.725. The number of carbonyl (C=O) groups is 1. The molecule has 0 heterocycles. The van der Waals surface area contributed by atoms with Crippen LogP contribution in [0.3, 0.4) is 0 Å². The minimum absolute atomic E-state index is 0.0971. The summed E-state index contributed by atoms with van der Waals surface area (Å²) in [5.74, 6) is -0.302. The number of hydrogen-bond donors (Lipinski definition) is 0. The molecule has 0 N–H and O–H groups in total. The van der Waals surface area contributed by atoms with Gasteiger partial charge < -0.3 is 9.47 Å². The number of nitrogens with zero attached hydrogens (tertiary/aromatic N) is 1. The molecule has 0 aromatic heterocycles. The van der Waals surface area contributed by atoms with Gasteiger partial charge in [-0.1, -0.05) is 12.1 Å². The highest BCUT2D eigenvalue weighted by Crippen LogP contribution is 2.24. The second-order valence-electron chi connectivity index (χ2n) is 3.21. The van der Waals surface area contributed by atoms with Gasteiger partial charge >= 0.3 is 5.97 Å². The molecule has 0 bridgehead atoms. The molecule has 0 saturated heterocycles. The third-order valence-corrected chi connectivity index (χ3v) is 2.28. The van der Waals surface area contributed by atoms with E-state index in [1.54, 1.807) is 31.4 Å². The van der Waals surface area contributed by atoms with Crippen LogP contribution in [0.15, 0.2) is 24.3 Å². The lowest BCUT2D eigenvalue weighted by Gasteiger charge is -2.12. The number of methoxy groups -OCH3 is 2. The Morgan fingerprint density at radius 1 is 1.50 bits per heavy atom. The summed E-state index contributed by atoms with van der Waals surface area (Å²) in [6.45, 7) is 0. The van der Waals surface area contributed by atoms with Gasteiger partial charge in [0.2, 0.25) is 0 Å². The zero-order valence-corrected chi connectivity index (χ0v) is 9.27. The maximum absolute atomic E-state index is 11.5. The van der Waals surface area contributed by atoms with Crippen molar-refractivity contribution < 1.29 is 14.3 Å². The Morgan fingerprint density at radius 3 is 2.81 bits per heavy atom. The summed E-state index contributed by atoms with van der Waals surface area (Å²) in [4.78, 5) is 11.5. The number of esters is 1. The van der Waals surface area contributed by atoms with E-state index in [4.69, 9.17) is 10.00 Å². The van der Waals surface area contributed by atoms with Crippen LogP contribution >= 0.6 is 0 Å². The summed E-state index contributed by atoms with van der Waals surface area (Å²) in [7, 11) is 2.86. The van der Waals surface area contributed by atoms with Crippen molar-refractivity contribution in [2.75, 3.05) is 14.2 Å². The number of hydrogen-bond acceptors (Lipinski definition) is 4. The average Bonchev–Trinajstić information content (AvgIpc) is 2.35. The summed E-state index contributed by atoms with van der Waals surface area (Å²) < 4.78 is 9.72. The molecule has 0 aliphatic carbocycles. The summed E-state index contributed by atoms with van der Waals surface area (Å²) in [5, 5.41) is 8.68. The Labute approximate surface area is 94.4 Å². The summed E-state index contributed by atoms with van der Waals surface area (Å²) in [5.41, 5.74) is 0.729. The lowest BCUT2D eigenvalue weighted by atomic mass is 9.96. The largest absolute Gasteiger partial charge is 0.497 e. The van der Waals surface area contributed by atoms with E-state index in [0.29, 0.717) is 5.75 Å². The van der Waals surface area contributed by atoms with E-state index in [1.165, 1.54) is 7.11 Å². The minimum atomic E-state index is -0.551. The predicted octanol–water partition coefficient (Wildman–Crippen LogP) is 1.87. The van der Waals surface area contributed by atoms with Crippen molar-refractivity contribution in [1.29, 1.82) is 5.26 Å². The SMILES string of the molecule is COC(=O)C(CC#N)c1cccc(OC)c1. The molecular formula is C12H13NO3. The molecule has 4 nitrogen and oxygen atoms in total. The third kappa shape index (κ3) is 2.74. The van der Waals surface area contributed by atoms with Gasteiger partial charge in [-0.2, -0.15) is 5.26 Å². The number of nitriles is 1. The molecule has 0 aliphatic heterocycles. The van der Waals surface area contributed by atoms with Gasteiger partial charge in [-0.15, -0.1) is 0 Å². The molecule has 0 aliphatic rings. The average molecular weight is 219 g/mol. The van der Waals surface area contributed by atoms with Crippen molar-refractivity contribution >= 4 is 5.97 Å². The molecule has 1 rings (SSSR count). The fraction of sp³-hybridized carbons (Fsp3) is 0.333. The molecule has 1 aromatic carbocycles. The molecule has 1 aromatic rings.